The summed E-state index contributed by atoms with van der Waals surface area (Å²) in [5.41, 5.74) is -0.270. The number of likely N-dealkylation sites (N-methyl/N-ethyl adjacent to an activating group) is 1. The van der Waals surface area contributed by atoms with Crippen molar-refractivity contribution in [1.82, 2.24) is 25.7 Å². The van der Waals surface area contributed by atoms with Gasteiger partial charge in [0.25, 0.3) is 5.91 Å². The number of halogens is 1. The number of rotatable bonds is 11. The van der Waals surface area contributed by atoms with Crippen LogP contribution in [0, 0.1) is 29.1 Å². The summed E-state index contributed by atoms with van der Waals surface area (Å²) in [7, 11) is 1.85. The normalized spacial score (nSPS) is 27.0. The molecular weight excluding hydrogens is 466 g/mol. The molecule has 4 aliphatic carbocycles. The summed E-state index contributed by atoms with van der Waals surface area (Å²) in [6.45, 7) is 7.51. The lowest BCUT2D eigenvalue weighted by atomic mass is 9.54. The molecule has 0 aliphatic heterocycles. The van der Waals surface area contributed by atoms with E-state index in [1.807, 2.05) is 27.8 Å². The molecule has 0 aromatic carbocycles. The lowest BCUT2D eigenvalue weighted by Crippen LogP contribution is -2.55. The summed E-state index contributed by atoms with van der Waals surface area (Å²) in [5.74, 6) is 3.21. The van der Waals surface area contributed by atoms with Gasteiger partial charge in [-0.05, 0) is 83.1 Å². The number of aromatic nitrogens is 2. The van der Waals surface area contributed by atoms with Gasteiger partial charge < -0.3 is 20.7 Å². The molecule has 2 amide bonds. The van der Waals surface area contributed by atoms with Crippen molar-refractivity contribution in [3.63, 3.8) is 0 Å². The Labute approximate surface area is 215 Å². The number of ether oxygens (including phenoxy) is 1. The highest BCUT2D eigenvalue weighted by Gasteiger charge is 2.48. The van der Waals surface area contributed by atoms with Crippen LogP contribution in [0.2, 0.25) is 0 Å². The smallest absolute Gasteiger partial charge is 0.258 e. The number of amides is 2. The standard InChI is InChI=1S/C26H41N5O3.ClH/c1-5-10-34-24-21(16-29-31(24)9-6-26(2,3)25(33)28-8-7-27-4)23(32)30-22-19-12-17-11-18(14-19)15-20(22)13-17;/h6,9,16-20,22,27H,5,7-8,10-15H2,1-4H3,(H,28,33)(H,30,32);1H/b9-6+;. The number of carbonyl (C=O) groups is 2. The summed E-state index contributed by atoms with van der Waals surface area (Å²) in [6.07, 6.45) is 12.3. The molecule has 1 aromatic rings. The maximum absolute atomic E-state index is 13.4. The van der Waals surface area contributed by atoms with Crippen molar-refractivity contribution in [3.8, 4) is 5.88 Å². The molecule has 35 heavy (non-hydrogen) atoms. The Kier molecular flexibility index (Phi) is 9.27. The summed E-state index contributed by atoms with van der Waals surface area (Å²) in [6, 6.07) is 0.262. The molecule has 1 aromatic heterocycles. The van der Waals surface area contributed by atoms with Gasteiger partial charge >= 0.3 is 0 Å². The summed E-state index contributed by atoms with van der Waals surface area (Å²) in [5, 5.41) is 13.7. The average molecular weight is 508 g/mol. The third-order valence-corrected chi connectivity index (χ3v) is 7.84. The minimum absolute atomic E-state index is 0. The SMILES string of the molecule is CCCOc1c(C(=O)NC2C3CC4CC(C3)CC2C4)cnn1/C=C/C(C)(C)C(=O)NCCNC.Cl. The lowest BCUT2D eigenvalue weighted by Gasteiger charge is -2.54. The molecule has 0 radical (unpaired) electrons. The van der Waals surface area contributed by atoms with Crippen molar-refractivity contribution < 1.29 is 14.3 Å². The van der Waals surface area contributed by atoms with Crippen LogP contribution in [0.4, 0.5) is 0 Å². The lowest BCUT2D eigenvalue weighted by molar-refractivity contribution is -0.127. The number of hydrogen-bond acceptors (Lipinski definition) is 5. The Morgan fingerprint density at radius 1 is 1.14 bits per heavy atom. The molecular formula is C26H42ClN5O3. The van der Waals surface area contributed by atoms with E-state index in [-0.39, 0.29) is 30.3 Å². The number of nitrogens with one attached hydrogen (secondary N) is 3. The monoisotopic (exact) mass is 507 g/mol. The van der Waals surface area contributed by atoms with Crippen LogP contribution in [0.15, 0.2) is 12.3 Å². The first-order valence-corrected chi connectivity index (χ1v) is 13.0. The highest BCUT2D eigenvalue weighted by Crippen LogP contribution is 2.53. The van der Waals surface area contributed by atoms with Crippen LogP contribution in [0.25, 0.3) is 6.20 Å². The molecule has 196 valence electrons. The van der Waals surface area contributed by atoms with Crippen molar-refractivity contribution in [3.05, 3.63) is 17.8 Å². The van der Waals surface area contributed by atoms with Crippen molar-refractivity contribution >= 4 is 30.4 Å². The van der Waals surface area contributed by atoms with Crippen LogP contribution < -0.4 is 20.7 Å². The Morgan fingerprint density at radius 2 is 1.80 bits per heavy atom. The van der Waals surface area contributed by atoms with Gasteiger partial charge in [-0.25, -0.2) is 4.68 Å². The van der Waals surface area contributed by atoms with E-state index in [4.69, 9.17) is 4.74 Å². The van der Waals surface area contributed by atoms with E-state index < -0.39 is 5.41 Å². The molecule has 0 unspecified atom stereocenters. The largest absolute Gasteiger partial charge is 0.477 e. The van der Waals surface area contributed by atoms with E-state index in [0.717, 1.165) is 18.3 Å². The fraction of sp³-hybridized carbons (Fsp3) is 0.731. The van der Waals surface area contributed by atoms with E-state index in [9.17, 15) is 9.59 Å². The van der Waals surface area contributed by atoms with E-state index in [1.54, 1.807) is 23.2 Å². The van der Waals surface area contributed by atoms with Gasteiger partial charge in [-0.1, -0.05) is 13.0 Å². The van der Waals surface area contributed by atoms with Gasteiger partial charge in [0, 0.05) is 25.3 Å². The van der Waals surface area contributed by atoms with Gasteiger partial charge in [0.1, 0.15) is 5.56 Å². The first-order valence-electron chi connectivity index (χ1n) is 13.0. The quantitative estimate of drug-likeness (QED) is 0.398. The van der Waals surface area contributed by atoms with Crippen molar-refractivity contribution in [2.24, 2.45) is 29.1 Å². The topological polar surface area (TPSA) is 97.3 Å². The van der Waals surface area contributed by atoms with Crippen LogP contribution in [0.1, 0.15) is 69.7 Å². The molecule has 9 heteroatoms. The second-order valence-electron chi connectivity index (χ2n) is 11.0. The second kappa shape index (κ2) is 11.8. The van der Waals surface area contributed by atoms with Gasteiger partial charge in [0.15, 0.2) is 0 Å². The molecule has 1 heterocycles. The summed E-state index contributed by atoms with van der Waals surface area (Å²) >= 11 is 0. The third-order valence-electron chi connectivity index (χ3n) is 7.84. The minimum atomic E-state index is -0.732. The zero-order valence-corrected chi connectivity index (χ0v) is 22.3. The highest BCUT2D eigenvalue weighted by atomic mass is 35.5. The second-order valence-corrected chi connectivity index (χ2v) is 11.0. The zero-order valence-electron chi connectivity index (χ0n) is 21.5. The highest BCUT2D eigenvalue weighted by molar-refractivity contribution is 5.96. The predicted octanol–water partition coefficient (Wildman–Crippen LogP) is 3.48. The fourth-order valence-corrected chi connectivity index (χ4v) is 6.21. The third kappa shape index (κ3) is 6.20. The molecule has 4 aliphatic rings. The zero-order chi connectivity index (χ0) is 24.3. The average Bonchev–Trinajstić information content (AvgIpc) is 3.21. The number of hydrogen-bond donors (Lipinski definition) is 3. The maximum atomic E-state index is 13.4. The van der Waals surface area contributed by atoms with Crippen molar-refractivity contribution in [1.29, 1.82) is 0 Å². The molecule has 0 spiro atoms. The summed E-state index contributed by atoms with van der Waals surface area (Å²) < 4.78 is 7.54. The Balaban J connectivity index is 0.00000342. The van der Waals surface area contributed by atoms with Crippen molar-refractivity contribution in [2.75, 3.05) is 26.7 Å². The molecule has 8 nitrogen and oxygen atoms in total. The number of nitrogens with zero attached hydrogens (tertiary/aromatic N) is 2. The van der Waals surface area contributed by atoms with E-state index in [1.165, 1.54) is 32.1 Å². The molecule has 4 saturated carbocycles. The molecule has 4 bridgehead atoms. The molecule has 3 N–H and O–H groups in total. The first-order chi connectivity index (χ1) is 16.3. The first kappa shape index (κ1) is 27.5. The molecule has 0 saturated heterocycles. The van der Waals surface area contributed by atoms with Crippen molar-refractivity contribution in [2.45, 2.75) is 65.3 Å². The van der Waals surface area contributed by atoms with Crippen LogP contribution in [-0.4, -0.2) is 54.4 Å². The Hall–Kier alpha value is -2.06. The fourth-order valence-electron chi connectivity index (χ4n) is 6.21. The Morgan fingerprint density at radius 3 is 2.40 bits per heavy atom. The minimum Gasteiger partial charge on any atom is -0.477 e. The van der Waals surface area contributed by atoms with Gasteiger partial charge in [0.2, 0.25) is 11.8 Å². The van der Waals surface area contributed by atoms with E-state index in [2.05, 4.69) is 21.0 Å². The maximum Gasteiger partial charge on any atom is 0.258 e. The van der Waals surface area contributed by atoms with Crippen LogP contribution in [-0.2, 0) is 4.79 Å². The predicted molar refractivity (Wildman–Crippen MR) is 140 cm³/mol. The van der Waals surface area contributed by atoms with E-state index in [0.29, 0.717) is 43.0 Å². The van der Waals surface area contributed by atoms with Gasteiger partial charge in [0.05, 0.1) is 18.2 Å². The van der Waals surface area contributed by atoms with Crippen LogP contribution >= 0.6 is 12.4 Å². The van der Waals surface area contributed by atoms with Gasteiger partial charge in [-0.15, -0.1) is 12.4 Å². The molecule has 0 atom stereocenters. The van der Waals surface area contributed by atoms with Crippen LogP contribution in [0.3, 0.4) is 0 Å². The van der Waals surface area contributed by atoms with E-state index >= 15 is 0 Å². The molecule has 4 fully saturated rings. The summed E-state index contributed by atoms with van der Waals surface area (Å²) in [4.78, 5) is 25.9. The van der Waals surface area contributed by atoms with Crippen LogP contribution in [0.5, 0.6) is 5.88 Å². The van der Waals surface area contributed by atoms with Gasteiger partial charge in [-0.2, -0.15) is 5.10 Å². The van der Waals surface area contributed by atoms with Gasteiger partial charge in [-0.3, -0.25) is 9.59 Å². The Bertz CT molecular complexity index is 885. The number of carbonyl (C=O) groups excluding carboxylic acids is 2. The molecule has 5 rings (SSSR count).